The Kier molecular flexibility index (Phi) is 4.63. The molecule has 1 atom stereocenters. The van der Waals surface area contributed by atoms with Gasteiger partial charge in [0, 0.05) is 25.6 Å². The number of piperidine rings is 1. The second-order valence-corrected chi connectivity index (χ2v) is 9.08. The lowest BCUT2D eigenvalue weighted by Crippen LogP contribution is -2.39. The monoisotopic (exact) mass is 381 g/mol. The maximum atomic E-state index is 13.0. The number of carbonyl (C=O) groups excluding carboxylic acids is 1. The highest BCUT2D eigenvalue weighted by Crippen LogP contribution is 2.60. The molecule has 0 radical (unpaired) electrons. The average Bonchev–Trinajstić information content (AvgIpc) is 3.32. The van der Waals surface area contributed by atoms with Crippen LogP contribution in [0.2, 0.25) is 0 Å². The Morgan fingerprint density at radius 3 is 2.79 bits per heavy atom. The number of hydrogen-bond donors (Lipinski definition) is 1. The van der Waals surface area contributed by atoms with E-state index in [9.17, 15) is 4.79 Å². The van der Waals surface area contributed by atoms with E-state index in [2.05, 4.69) is 38.9 Å². The minimum absolute atomic E-state index is 0.282. The fourth-order valence-corrected chi connectivity index (χ4v) is 5.19. The highest BCUT2D eigenvalue weighted by Gasteiger charge is 2.59. The van der Waals surface area contributed by atoms with Crippen molar-refractivity contribution in [3.05, 3.63) is 30.1 Å². The molecule has 28 heavy (non-hydrogen) atoms. The Bertz CT molecular complexity index is 820. The Morgan fingerprint density at radius 2 is 1.96 bits per heavy atom. The van der Waals surface area contributed by atoms with Crippen LogP contribution in [0.15, 0.2) is 24.3 Å². The van der Waals surface area contributed by atoms with Crippen LogP contribution in [0, 0.1) is 11.3 Å². The summed E-state index contributed by atoms with van der Waals surface area (Å²) in [5.74, 6) is 1.76. The third kappa shape index (κ3) is 3.44. The Hall–Kier alpha value is -1.92. The van der Waals surface area contributed by atoms with E-state index in [-0.39, 0.29) is 5.92 Å². The average molecular weight is 382 g/mol. The van der Waals surface area contributed by atoms with E-state index < -0.39 is 0 Å². The molecule has 6 heteroatoms. The number of imidazole rings is 1. The summed E-state index contributed by atoms with van der Waals surface area (Å²) in [6, 6.07) is 8.21. The molecule has 1 N–H and O–H groups in total. The SMILES string of the molecule is CN1CCCN(C(=O)C2CC23CCN(Cc2nc4ccccc4[nH]2)CC3)CC1. The molecule has 1 aromatic heterocycles. The lowest BCUT2D eigenvalue weighted by Gasteiger charge is -2.33. The van der Waals surface area contributed by atoms with Gasteiger partial charge in [0.15, 0.2) is 0 Å². The number of aromatic nitrogens is 2. The van der Waals surface area contributed by atoms with E-state index in [0.29, 0.717) is 11.3 Å². The highest BCUT2D eigenvalue weighted by atomic mass is 16.2. The van der Waals surface area contributed by atoms with Crippen LogP contribution in [-0.4, -0.2) is 76.9 Å². The summed E-state index contributed by atoms with van der Waals surface area (Å²) < 4.78 is 0. The van der Waals surface area contributed by atoms with Gasteiger partial charge in [-0.05, 0) is 69.9 Å². The van der Waals surface area contributed by atoms with Crippen molar-refractivity contribution in [2.45, 2.75) is 32.2 Å². The number of para-hydroxylation sites is 2. The molecular weight excluding hydrogens is 350 g/mol. The number of hydrogen-bond acceptors (Lipinski definition) is 4. The number of fused-ring (bicyclic) bond motifs is 1. The maximum Gasteiger partial charge on any atom is 0.226 e. The molecule has 2 saturated heterocycles. The van der Waals surface area contributed by atoms with Crippen molar-refractivity contribution in [3.8, 4) is 0 Å². The van der Waals surface area contributed by atoms with Gasteiger partial charge in [-0.25, -0.2) is 4.98 Å². The zero-order valence-corrected chi connectivity index (χ0v) is 16.9. The topological polar surface area (TPSA) is 55.5 Å². The van der Waals surface area contributed by atoms with Crippen molar-refractivity contribution in [2.75, 3.05) is 46.3 Å². The molecule has 3 aliphatic rings. The van der Waals surface area contributed by atoms with Crippen LogP contribution >= 0.6 is 0 Å². The number of nitrogens with zero attached hydrogens (tertiary/aromatic N) is 4. The van der Waals surface area contributed by atoms with Crippen molar-refractivity contribution in [2.24, 2.45) is 11.3 Å². The first-order chi connectivity index (χ1) is 13.6. The van der Waals surface area contributed by atoms with Crippen LogP contribution in [0.4, 0.5) is 0 Å². The van der Waals surface area contributed by atoms with Gasteiger partial charge in [-0.15, -0.1) is 0 Å². The molecule has 1 amide bonds. The lowest BCUT2D eigenvalue weighted by molar-refractivity contribution is -0.133. The molecule has 2 aliphatic heterocycles. The molecule has 1 saturated carbocycles. The number of aromatic amines is 1. The fraction of sp³-hybridized carbons (Fsp3) is 0.636. The van der Waals surface area contributed by atoms with Crippen LogP contribution in [-0.2, 0) is 11.3 Å². The van der Waals surface area contributed by atoms with E-state index in [1.807, 2.05) is 12.1 Å². The number of amides is 1. The largest absolute Gasteiger partial charge is 0.341 e. The molecule has 6 nitrogen and oxygen atoms in total. The summed E-state index contributed by atoms with van der Waals surface area (Å²) in [5, 5.41) is 0. The molecule has 2 aromatic rings. The smallest absolute Gasteiger partial charge is 0.226 e. The molecule has 1 aromatic carbocycles. The Morgan fingerprint density at radius 1 is 1.14 bits per heavy atom. The van der Waals surface area contributed by atoms with E-state index in [0.717, 1.165) is 88.4 Å². The van der Waals surface area contributed by atoms with Crippen molar-refractivity contribution in [3.63, 3.8) is 0 Å². The number of likely N-dealkylation sites (N-methyl/N-ethyl adjacent to an activating group) is 1. The minimum Gasteiger partial charge on any atom is -0.341 e. The Labute approximate surface area is 166 Å². The van der Waals surface area contributed by atoms with Crippen LogP contribution in [0.5, 0.6) is 0 Å². The molecule has 1 spiro atoms. The number of rotatable bonds is 3. The van der Waals surface area contributed by atoms with Crippen LogP contribution in [0.25, 0.3) is 11.0 Å². The second-order valence-electron chi connectivity index (χ2n) is 9.08. The zero-order chi connectivity index (χ0) is 19.1. The van der Waals surface area contributed by atoms with Crippen LogP contribution in [0.3, 0.4) is 0 Å². The van der Waals surface area contributed by atoms with Gasteiger partial charge in [0.25, 0.3) is 0 Å². The van der Waals surface area contributed by atoms with E-state index in [4.69, 9.17) is 4.98 Å². The molecule has 1 aliphatic carbocycles. The van der Waals surface area contributed by atoms with Gasteiger partial charge in [0.05, 0.1) is 17.6 Å². The number of benzene rings is 1. The predicted molar refractivity (Wildman–Crippen MR) is 110 cm³/mol. The van der Waals surface area contributed by atoms with Gasteiger partial charge in [-0.2, -0.15) is 0 Å². The van der Waals surface area contributed by atoms with Gasteiger partial charge in [0.2, 0.25) is 5.91 Å². The molecule has 0 bridgehead atoms. The predicted octanol–water partition coefficient (Wildman–Crippen LogP) is 2.33. The normalized spacial score (nSPS) is 25.9. The first kappa shape index (κ1) is 18.1. The van der Waals surface area contributed by atoms with Gasteiger partial charge in [-0.1, -0.05) is 12.1 Å². The molecular formula is C22H31N5O. The van der Waals surface area contributed by atoms with Crippen LogP contribution in [0.1, 0.15) is 31.5 Å². The summed E-state index contributed by atoms with van der Waals surface area (Å²) in [6.45, 7) is 6.98. The summed E-state index contributed by atoms with van der Waals surface area (Å²) in [7, 11) is 2.16. The number of nitrogens with one attached hydrogen (secondary N) is 1. The number of carbonyl (C=O) groups is 1. The van der Waals surface area contributed by atoms with Crippen molar-refractivity contribution in [1.82, 2.24) is 24.7 Å². The summed E-state index contributed by atoms with van der Waals surface area (Å²) in [5.41, 5.74) is 2.45. The molecule has 5 rings (SSSR count). The summed E-state index contributed by atoms with van der Waals surface area (Å²) >= 11 is 0. The fourth-order valence-electron chi connectivity index (χ4n) is 5.19. The quantitative estimate of drug-likeness (QED) is 0.887. The number of H-pyrrole nitrogens is 1. The minimum atomic E-state index is 0.282. The lowest BCUT2D eigenvalue weighted by atomic mass is 9.90. The first-order valence-corrected chi connectivity index (χ1v) is 10.8. The molecule has 3 heterocycles. The standard InChI is InChI=1S/C22H31N5O/c1-25-9-4-10-27(14-13-25)21(28)17-15-22(17)7-11-26(12-8-22)16-20-23-18-5-2-3-6-19(18)24-20/h2-3,5-6,17H,4,7-16H2,1H3,(H,23,24). The first-order valence-electron chi connectivity index (χ1n) is 10.8. The van der Waals surface area contributed by atoms with Gasteiger partial charge in [-0.3, -0.25) is 9.69 Å². The second kappa shape index (κ2) is 7.16. The molecule has 150 valence electrons. The van der Waals surface area contributed by atoms with Crippen molar-refractivity contribution < 1.29 is 4.79 Å². The number of likely N-dealkylation sites (tertiary alicyclic amines) is 1. The van der Waals surface area contributed by atoms with Gasteiger partial charge >= 0.3 is 0 Å². The molecule has 3 fully saturated rings. The zero-order valence-electron chi connectivity index (χ0n) is 16.9. The third-order valence-electron chi connectivity index (χ3n) is 7.18. The van der Waals surface area contributed by atoms with Crippen LogP contribution < -0.4 is 0 Å². The maximum absolute atomic E-state index is 13.0. The third-order valence-corrected chi connectivity index (χ3v) is 7.18. The van der Waals surface area contributed by atoms with Gasteiger partial charge < -0.3 is 14.8 Å². The summed E-state index contributed by atoms with van der Waals surface area (Å²) in [6.07, 6.45) is 4.51. The highest BCUT2D eigenvalue weighted by molar-refractivity contribution is 5.82. The molecule has 1 unspecified atom stereocenters. The van der Waals surface area contributed by atoms with Crippen molar-refractivity contribution in [1.29, 1.82) is 0 Å². The van der Waals surface area contributed by atoms with E-state index >= 15 is 0 Å². The Balaban J connectivity index is 1.15. The summed E-state index contributed by atoms with van der Waals surface area (Å²) in [4.78, 5) is 28.2. The van der Waals surface area contributed by atoms with E-state index in [1.54, 1.807) is 0 Å². The van der Waals surface area contributed by atoms with Crippen molar-refractivity contribution >= 4 is 16.9 Å². The van der Waals surface area contributed by atoms with E-state index in [1.165, 1.54) is 0 Å². The van der Waals surface area contributed by atoms with Gasteiger partial charge in [0.1, 0.15) is 5.82 Å².